The van der Waals surface area contributed by atoms with Crippen molar-refractivity contribution in [3.8, 4) is 0 Å². The highest BCUT2D eigenvalue weighted by Crippen LogP contribution is 2.47. The summed E-state index contributed by atoms with van der Waals surface area (Å²) < 4.78 is 0. The molecule has 0 aromatic carbocycles. The summed E-state index contributed by atoms with van der Waals surface area (Å²) in [6.07, 6.45) is 6.89. The summed E-state index contributed by atoms with van der Waals surface area (Å²) in [5, 5.41) is 20.3. The molecule has 0 spiro atoms. The molecule has 5 heteroatoms. The Morgan fingerprint density at radius 2 is 2.10 bits per heavy atom. The van der Waals surface area contributed by atoms with Crippen LogP contribution in [-0.4, -0.2) is 48.8 Å². The van der Waals surface area contributed by atoms with Crippen LogP contribution in [0, 0.1) is 11.8 Å². The molecule has 1 heterocycles. The van der Waals surface area contributed by atoms with Crippen molar-refractivity contribution in [2.45, 2.75) is 50.2 Å². The third-order valence-corrected chi connectivity index (χ3v) is 5.47. The molecule has 3 unspecified atom stereocenters. The zero-order valence-electron chi connectivity index (χ0n) is 12.2. The maximum Gasteiger partial charge on any atom is 0.238 e. The number of piperazine rings is 1. The summed E-state index contributed by atoms with van der Waals surface area (Å²) in [7, 11) is 0. The summed E-state index contributed by atoms with van der Waals surface area (Å²) >= 11 is 0. The van der Waals surface area contributed by atoms with Gasteiger partial charge in [0.15, 0.2) is 0 Å². The molecule has 20 heavy (non-hydrogen) atoms. The van der Waals surface area contributed by atoms with E-state index >= 15 is 0 Å². The van der Waals surface area contributed by atoms with Gasteiger partial charge in [0.05, 0.1) is 11.6 Å². The molecule has 3 fully saturated rings. The molecule has 0 aromatic heterocycles. The van der Waals surface area contributed by atoms with Crippen molar-refractivity contribution in [1.82, 2.24) is 16.0 Å². The molecule has 0 aromatic rings. The summed E-state index contributed by atoms with van der Waals surface area (Å²) in [5.74, 6) is 1.10. The minimum absolute atomic E-state index is 0.0184. The molecule has 4 atom stereocenters. The highest BCUT2D eigenvalue weighted by molar-refractivity contribution is 5.82. The van der Waals surface area contributed by atoms with E-state index in [2.05, 4.69) is 16.0 Å². The van der Waals surface area contributed by atoms with Crippen LogP contribution in [0.2, 0.25) is 0 Å². The van der Waals surface area contributed by atoms with Gasteiger partial charge < -0.3 is 21.1 Å². The minimum atomic E-state index is -0.664. The fourth-order valence-electron chi connectivity index (χ4n) is 4.30. The Balaban J connectivity index is 1.53. The summed E-state index contributed by atoms with van der Waals surface area (Å²) in [6.45, 7) is 2.84. The van der Waals surface area contributed by atoms with Crippen LogP contribution in [0.4, 0.5) is 0 Å². The Labute approximate surface area is 120 Å². The number of carbonyl (C=O) groups is 1. The Hall–Kier alpha value is -0.650. The van der Waals surface area contributed by atoms with Gasteiger partial charge in [-0.1, -0.05) is 19.3 Å². The molecule has 3 aliphatic rings. The van der Waals surface area contributed by atoms with E-state index in [0.717, 1.165) is 32.4 Å². The zero-order chi connectivity index (χ0) is 14.0. The lowest BCUT2D eigenvalue weighted by molar-refractivity contribution is -0.125. The van der Waals surface area contributed by atoms with Crippen molar-refractivity contribution in [2.24, 2.45) is 11.8 Å². The van der Waals surface area contributed by atoms with Crippen molar-refractivity contribution in [3.63, 3.8) is 0 Å². The maximum atomic E-state index is 12.1. The van der Waals surface area contributed by atoms with E-state index in [-0.39, 0.29) is 11.9 Å². The summed E-state index contributed by atoms with van der Waals surface area (Å²) in [6, 6.07) is -0.157. The van der Waals surface area contributed by atoms with Gasteiger partial charge >= 0.3 is 0 Å². The van der Waals surface area contributed by atoms with Crippen LogP contribution in [0.1, 0.15) is 38.5 Å². The fourth-order valence-corrected chi connectivity index (χ4v) is 4.30. The van der Waals surface area contributed by atoms with Crippen LogP contribution < -0.4 is 16.0 Å². The second kappa shape index (κ2) is 6.00. The topological polar surface area (TPSA) is 73.4 Å². The Morgan fingerprint density at radius 1 is 1.25 bits per heavy atom. The first-order valence-corrected chi connectivity index (χ1v) is 8.13. The standard InChI is InChI=1S/C15H27N3O2/c19-14(13-9-16-7-8-17-13)18-10-15(20)6-5-11-3-1-2-4-12(11)15/h11-13,16-17,20H,1-10H2,(H,18,19)/t11?,12?,13?,15-/m1/s1. The van der Waals surface area contributed by atoms with Gasteiger partial charge in [-0.3, -0.25) is 4.79 Å². The lowest BCUT2D eigenvalue weighted by Gasteiger charge is -2.36. The van der Waals surface area contributed by atoms with Gasteiger partial charge in [-0.05, 0) is 31.1 Å². The van der Waals surface area contributed by atoms with Gasteiger partial charge in [0, 0.05) is 26.2 Å². The number of fused-ring (bicyclic) bond motifs is 1. The first-order valence-electron chi connectivity index (χ1n) is 8.13. The molecule has 1 aliphatic heterocycles. The average Bonchev–Trinajstić information content (AvgIpc) is 2.84. The van der Waals surface area contributed by atoms with E-state index in [1.807, 2.05) is 0 Å². The van der Waals surface area contributed by atoms with Gasteiger partial charge in [0.25, 0.3) is 0 Å². The quantitative estimate of drug-likeness (QED) is 0.587. The molecule has 2 aliphatic carbocycles. The lowest BCUT2D eigenvalue weighted by atomic mass is 9.76. The van der Waals surface area contributed by atoms with E-state index in [4.69, 9.17) is 0 Å². The molecule has 114 valence electrons. The summed E-state index contributed by atoms with van der Waals surface area (Å²) in [4.78, 5) is 12.1. The average molecular weight is 281 g/mol. The molecule has 4 N–H and O–H groups in total. The molecule has 1 saturated heterocycles. The SMILES string of the molecule is O=C(NC[C@]1(O)CCC2CCCCC21)C1CNCCN1. The maximum absolute atomic E-state index is 12.1. The molecule has 5 nitrogen and oxygen atoms in total. The second-order valence-corrected chi connectivity index (χ2v) is 6.72. The number of amides is 1. The Morgan fingerprint density at radius 3 is 2.90 bits per heavy atom. The fraction of sp³-hybridized carbons (Fsp3) is 0.933. The molecular formula is C15H27N3O2. The third kappa shape index (κ3) is 2.85. The van der Waals surface area contributed by atoms with Crippen LogP contribution in [-0.2, 0) is 4.79 Å². The van der Waals surface area contributed by atoms with E-state index < -0.39 is 5.60 Å². The number of carbonyl (C=O) groups excluding carboxylic acids is 1. The molecule has 0 bridgehead atoms. The van der Waals surface area contributed by atoms with Crippen LogP contribution in [0.5, 0.6) is 0 Å². The molecule has 3 rings (SSSR count). The highest BCUT2D eigenvalue weighted by atomic mass is 16.3. The third-order valence-electron chi connectivity index (χ3n) is 5.47. The van der Waals surface area contributed by atoms with Gasteiger partial charge in [0.2, 0.25) is 5.91 Å². The normalized spacial score (nSPS) is 41.1. The largest absolute Gasteiger partial charge is 0.388 e. The van der Waals surface area contributed by atoms with Crippen LogP contribution >= 0.6 is 0 Å². The molecular weight excluding hydrogens is 254 g/mol. The monoisotopic (exact) mass is 281 g/mol. The number of aliphatic hydroxyl groups is 1. The number of rotatable bonds is 3. The first-order chi connectivity index (χ1) is 9.69. The van der Waals surface area contributed by atoms with Gasteiger partial charge in [-0.2, -0.15) is 0 Å². The van der Waals surface area contributed by atoms with Crippen molar-refractivity contribution in [1.29, 1.82) is 0 Å². The van der Waals surface area contributed by atoms with Crippen molar-refractivity contribution in [3.05, 3.63) is 0 Å². The zero-order valence-corrected chi connectivity index (χ0v) is 12.2. The smallest absolute Gasteiger partial charge is 0.238 e. The van der Waals surface area contributed by atoms with Crippen LogP contribution in [0.3, 0.4) is 0 Å². The van der Waals surface area contributed by atoms with E-state index in [1.165, 1.54) is 19.3 Å². The highest BCUT2D eigenvalue weighted by Gasteiger charge is 2.47. The van der Waals surface area contributed by atoms with E-state index in [9.17, 15) is 9.90 Å². The van der Waals surface area contributed by atoms with Gasteiger partial charge in [-0.25, -0.2) is 0 Å². The van der Waals surface area contributed by atoms with Crippen LogP contribution in [0.25, 0.3) is 0 Å². The minimum Gasteiger partial charge on any atom is -0.388 e. The van der Waals surface area contributed by atoms with Crippen LogP contribution in [0.15, 0.2) is 0 Å². The summed E-state index contributed by atoms with van der Waals surface area (Å²) in [5.41, 5.74) is -0.664. The molecule has 0 radical (unpaired) electrons. The van der Waals surface area contributed by atoms with E-state index in [1.54, 1.807) is 0 Å². The lowest BCUT2D eigenvalue weighted by Crippen LogP contribution is -2.58. The van der Waals surface area contributed by atoms with Gasteiger partial charge in [0.1, 0.15) is 0 Å². The number of nitrogens with one attached hydrogen (secondary N) is 3. The van der Waals surface area contributed by atoms with Crippen molar-refractivity contribution < 1.29 is 9.90 Å². The predicted molar refractivity (Wildman–Crippen MR) is 77.3 cm³/mol. The second-order valence-electron chi connectivity index (χ2n) is 6.72. The Kier molecular flexibility index (Phi) is 4.29. The Bertz CT molecular complexity index is 357. The van der Waals surface area contributed by atoms with Gasteiger partial charge in [-0.15, -0.1) is 0 Å². The first kappa shape index (κ1) is 14.3. The number of hydrogen-bond donors (Lipinski definition) is 4. The predicted octanol–water partition coefficient (Wildman–Crippen LogP) is -0.00470. The van der Waals surface area contributed by atoms with Crippen molar-refractivity contribution >= 4 is 5.91 Å². The van der Waals surface area contributed by atoms with E-state index in [0.29, 0.717) is 24.9 Å². The van der Waals surface area contributed by atoms with Crippen molar-refractivity contribution in [2.75, 3.05) is 26.2 Å². The number of hydrogen-bond acceptors (Lipinski definition) is 4. The molecule has 1 amide bonds. The molecule has 2 saturated carbocycles.